The molecule has 0 spiro atoms. The van der Waals surface area contributed by atoms with E-state index in [0.29, 0.717) is 10.2 Å². The molecule has 0 saturated carbocycles. The van der Waals surface area contributed by atoms with Gasteiger partial charge >= 0.3 is 0 Å². The third-order valence-electron chi connectivity index (χ3n) is 3.31. The number of nitrogens with one attached hydrogen (secondary N) is 1. The molecule has 0 bridgehead atoms. The summed E-state index contributed by atoms with van der Waals surface area (Å²) in [6.07, 6.45) is 0. The number of nitrogens with zero attached hydrogens (tertiary/aromatic N) is 3. The first-order chi connectivity index (χ1) is 11.7. The van der Waals surface area contributed by atoms with Crippen molar-refractivity contribution in [1.82, 2.24) is 15.2 Å². The Morgan fingerprint density at radius 2 is 1.92 bits per heavy atom. The Bertz CT molecular complexity index is 1010. The van der Waals surface area contributed by atoms with Crippen molar-refractivity contribution >= 4 is 54.8 Å². The molecule has 8 heteroatoms. The largest absolute Gasteiger partial charge is 0.494 e. The van der Waals surface area contributed by atoms with E-state index in [4.69, 9.17) is 16.3 Å². The predicted octanol–water partition coefficient (Wildman–Crippen LogP) is 5.22. The number of ether oxygens (including phenoxy) is 1. The average Bonchev–Trinajstić information content (AvgIpc) is 3.21. The number of benzene rings is 2. The number of fused-ring (bicyclic) bond motifs is 1. The Kier molecular flexibility index (Phi) is 4.05. The molecule has 2 aromatic carbocycles. The normalized spacial score (nSPS) is 10.9. The van der Waals surface area contributed by atoms with E-state index < -0.39 is 0 Å². The minimum Gasteiger partial charge on any atom is -0.494 e. The van der Waals surface area contributed by atoms with Crippen LogP contribution in [0.25, 0.3) is 20.8 Å². The number of hydrogen-bond donors (Lipinski definition) is 1. The summed E-state index contributed by atoms with van der Waals surface area (Å²) in [7, 11) is 1.64. The maximum atomic E-state index is 6.03. The second-order valence-electron chi connectivity index (χ2n) is 4.87. The van der Waals surface area contributed by atoms with Crippen molar-refractivity contribution in [2.75, 3.05) is 12.4 Å². The zero-order chi connectivity index (χ0) is 16.5. The van der Waals surface area contributed by atoms with Gasteiger partial charge in [-0.15, -0.1) is 10.2 Å². The summed E-state index contributed by atoms with van der Waals surface area (Å²) in [5, 5.41) is 14.5. The van der Waals surface area contributed by atoms with E-state index in [1.807, 2.05) is 42.5 Å². The second-order valence-corrected chi connectivity index (χ2v) is 7.32. The minimum absolute atomic E-state index is 0.676. The minimum atomic E-state index is 0.676. The highest BCUT2D eigenvalue weighted by atomic mass is 35.5. The van der Waals surface area contributed by atoms with Crippen LogP contribution < -0.4 is 10.1 Å². The molecule has 0 amide bonds. The molecule has 0 radical (unpaired) electrons. The number of anilines is 2. The first-order valence-electron chi connectivity index (χ1n) is 7.03. The summed E-state index contributed by atoms with van der Waals surface area (Å²) in [5.41, 5.74) is 1.78. The van der Waals surface area contributed by atoms with Gasteiger partial charge in [0, 0.05) is 10.6 Å². The van der Waals surface area contributed by atoms with E-state index in [-0.39, 0.29) is 0 Å². The van der Waals surface area contributed by atoms with Crippen LogP contribution in [0.2, 0.25) is 5.02 Å². The lowest BCUT2D eigenvalue weighted by Crippen LogP contribution is -1.88. The number of halogens is 1. The average molecular weight is 375 g/mol. The fourth-order valence-electron chi connectivity index (χ4n) is 2.24. The van der Waals surface area contributed by atoms with Gasteiger partial charge in [0.1, 0.15) is 16.3 Å². The van der Waals surface area contributed by atoms with Gasteiger partial charge in [0.05, 0.1) is 11.8 Å². The van der Waals surface area contributed by atoms with E-state index in [9.17, 15) is 0 Å². The third-order valence-corrected chi connectivity index (χ3v) is 5.37. The molecule has 0 aliphatic rings. The van der Waals surface area contributed by atoms with Crippen LogP contribution >= 0.6 is 34.3 Å². The maximum Gasteiger partial charge on any atom is 0.212 e. The van der Waals surface area contributed by atoms with E-state index in [1.165, 1.54) is 11.3 Å². The topological polar surface area (TPSA) is 59.9 Å². The Labute approximate surface area is 150 Å². The fourth-order valence-corrected chi connectivity index (χ4v) is 4.12. The standard InChI is InChI=1S/C16H11ClN4OS2/c1-22-11-6-3-7-12-13(11)18-15(23-12)19-16-21-20-14(24-16)9-4-2-5-10(17)8-9/h2-8H,1H3,(H,18,19,21). The zero-order valence-corrected chi connectivity index (χ0v) is 14.9. The first kappa shape index (κ1) is 15.3. The number of thiazole rings is 1. The predicted molar refractivity (Wildman–Crippen MR) is 99.8 cm³/mol. The number of methoxy groups -OCH3 is 1. The fraction of sp³-hybridized carbons (Fsp3) is 0.0625. The van der Waals surface area contributed by atoms with E-state index in [0.717, 1.165) is 31.7 Å². The van der Waals surface area contributed by atoms with Gasteiger partial charge in [-0.3, -0.25) is 0 Å². The molecule has 5 nitrogen and oxygen atoms in total. The van der Waals surface area contributed by atoms with Crippen LogP contribution in [0.15, 0.2) is 42.5 Å². The molecule has 0 aliphatic heterocycles. The molecular formula is C16H11ClN4OS2. The summed E-state index contributed by atoms with van der Waals surface area (Å²) >= 11 is 9.02. The molecule has 120 valence electrons. The summed E-state index contributed by atoms with van der Waals surface area (Å²) < 4.78 is 6.39. The summed E-state index contributed by atoms with van der Waals surface area (Å²) in [6.45, 7) is 0. The second kappa shape index (κ2) is 6.35. The molecule has 0 unspecified atom stereocenters. The molecule has 2 heterocycles. The van der Waals surface area contributed by atoms with Crippen molar-refractivity contribution in [3.8, 4) is 16.3 Å². The van der Waals surface area contributed by atoms with Gasteiger partial charge in [0.2, 0.25) is 5.13 Å². The quantitative estimate of drug-likeness (QED) is 0.530. The van der Waals surface area contributed by atoms with Crippen LogP contribution in [-0.4, -0.2) is 22.3 Å². The van der Waals surface area contributed by atoms with Gasteiger partial charge in [-0.2, -0.15) is 0 Å². The van der Waals surface area contributed by atoms with Crippen LogP contribution in [0.5, 0.6) is 5.75 Å². The van der Waals surface area contributed by atoms with Crippen molar-refractivity contribution in [2.45, 2.75) is 0 Å². The Hall–Kier alpha value is -2.22. The van der Waals surface area contributed by atoms with Crippen LogP contribution in [-0.2, 0) is 0 Å². The molecule has 0 fully saturated rings. The maximum absolute atomic E-state index is 6.03. The smallest absolute Gasteiger partial charge is 0.212 e. The van der Waals surface area contributed by atoms with Crippen LogP contribution in [0.1, 0.15) is 0 Å². The monoisotopic (exact) mass is 374 g/mol. The summed E-state index contributed by atoms with van der Waals surface area (Å²) in [4.78, 5) is 4.58. The Morgan fingerprint density at radius 3 is 2.75 bits per heavy atom. The Morgan fingerprint density at radius 1 is 1.04 bits per heavy atom. The van der Waals surface area contributed by atoms with Crippen molar-refractivity contribution in [1.29, 1.82) is 0 Å². The number of rotatable bonds is 4. The van der Waals surface area contributed by atoms with E-state index in [1.54, 1.807) is 18.4 Å². The molecular weight excluding hydrogens is 364 g/mol. The van der Waals surface area contributed by atoms with Crippen molar-refractivity contribution < 1.29 is 4.74 Å². The molecule has 24 heavy (non-hydrogen) atoms. The van der Waals surface area contributed by atoms with Gasteiger partial charge in [0.25, 0.3) is 0 Å². The van der Waals surface area contributed by atoms with E-state index in [2.05, 4.69) is 20.5 Å². The van der Waals surface area contributed by atoms with Gasteiger partial charge in [-0.05, 0) is 24.3 Å². The van der Waals surface area contributed by atoms with Crippen LogP contribution in [0.4, 0.5) is 10.3 Å². The molecule has 2 aromatic heterocycles. The molecule has 4 aromatic rings. The molecule has 0 aliphatic carbocycles. The number of aromatic nitrogens is 3. The highest BCUT2D eigenvalue weighted by Gasteiger charge is 2.12. The van der Waals surface area contributed by atoms with Crippen LogP contribution in [0.3, 0.4) is 0 Å². The lowest BCUT2D eigenvalue weighted by atomic mass is 10.2. The van der Waals surface area contributed by atoms with Crippen molar-refractivity contribution in [3.63, 3.8) is 0 Å². The van der Waals surface area contributed by atoms with Crippen molar-refractivity contribution in [3.05, 3.63) is 47.5 Å². The van der Waals surface area contributed by atoms with Crippen LogP contribution in [0, 0.1) is 0 Å². The van der Waals surface area contributed by atoms with Gasteiger partial charge in [-0.1, -0.05) is 52.5 Å². The lowest BCUT2D eigenvalue weighted by Gasteiger charge is -1.98. The molecule has 0 atom stereocenters. The Balaban J connectivity index is 1.62. The number of para-hydroxylation sites is 1. The summed E-state index contributed by atoms with van der Waals surface area (Å²) in [5.74, 6) is 0.758. The third kappa shape index (κ3) is 2.93. The van der Waals surface area contributed by atoms with Gasteiger partial charge in [0.15, 0.2) is 5.13 Å². The van der Waals surface area contributed by atoms with Gasteiger partial charge in [-0.25, -0.2) is 4.98 Å². The van der Waals surface area contributed by atoms with Gasteiger partial charge < -0.3 is 10.1 Å². The molecule has 4 rings (SSSR count). The SMILES string of the molecule is COc1cccc2sc(Nc3nnc(-c4cccc(Cl)c4)s3)nc12. The summed E-state index contributed by atoms with van der Waals surface area (Å²) in [6, 6.07) is 13.4. The first-order valence-corrected chi connectivity index (χ1v) is 9.04. The molecule has 0 saturated heterocycles. The molecule has 1 N–H and O–H groups in total. The highest BCUT2D eigenvalue weighted by Crippen LogP contribution is 2.35. The lowest BCUT2D eigenvalue weighted by molar-refractivity contribution is 0.419. The number of hydrogen-bond acceptors (Lipinski definition) is 7. The van der Waals surface area contributed by atoms with Crippen molar-refractivity contribution in [2.24, 2.45) is 0 Å². The van der Waals surface area contributed by atoms with E-state index >= 15 is 0 Å². The zero-order valence-electron chi connectivity index (χ0n) is 12.5. The highest BCUT2D eigenvalue weighted by molar-refractivity contribution is 7.23.